The van der Waals surface area contributed by atoms with E-state index in [2.05, 4.69) is 53.5 Å². The predicted octanol–water partition coefficient (Wildman–Crippen LogP) is 1.80. The van der Waals surface area contributed by atoms with Crippen LogP contribution in [0.25, 0.3) is 0 Å². The van der Waals surface area contributed by atoms with Crippen LogP contribution in [0.15, 0.2) is 4.99 Å². The Labute approximate surface area is 164 Å². The summed E-state index contributed by atoms with van der Waals surface area (Å²) in [6.07, 6.45) is 0.424. The van der Waals surface area contributed by atoms with E-state index in [4.69, 9.17) is 0 Å². The van der Waals surface area contributed by atoms with Gasteiger partial charge in [0.25, 0.3) is 0 Å². The Balaban J connectivity index is 0.00000529. The number of carbonyl (C=O) groups is 1. The molecule has 0 saturated carbocycles. The quantitative estimate of drug-likeness (QED) is 0.313. The van der Waals surface area contributed by atoms with E-state index in [9.17, 15) is 4.79 Å². The third-order valence-electron chi connectivity index (χ3n) is 4.10. The van der Waals surface area contributed by atoms with Gasteiger partial charge in [-0.3, -0.25) is 14.7 Å². The first-order valence-electron chi connectivity index (χ1n) is 8.91. The third kappa shape index (κ3) is 8.50. The van der Waals surface area contributed by atoms with Gasteiger partial charge in [-0.15, -0.1) is 24.0 Å². The van der Waals surface area contributed by atoms with Gasteiger partial charge in [0.1, 0.15) is 0 Å². The molecule has 0 aromatic carbocycles. The van der Waals surface area contributed by atoms with Crippen molar-refractivity contribution in [2.45, 2.75) is 66.1 Å². The summed E-state index contributed by atoms with van der Waals surface area (Å²) in [5.41, 5.74) is 0. The van der Waals surface area contributed by atoms with Crippen LogP contribution >= 0.6 is 24.0 Å². The highest BCUT2D eigenvalue weighted by Crippen LogP contribution is 2.18. The van der Waals surface area contributed by atoms with Crippen molar-refractivity contribution in [1.82, 2.24) is 20.9 Å². The fourth-order valence-electron chi connectivity index (χ4n) is 2.77. The molecule has 2 atom stereocenters. The highest BCUT2D eigenvalue weighted by Gasteiger charge is 2.31. The lowest BCUT2D eigenvalue weighted by Gasteiger charge is -2.22. The minimum Gasteiger partial charge on any atom is -0.357 e. The van der Waals surface area contributed by atoms with E-state index in [1.54, 1.807) is 0 Å². The van der Waals surface area contributed by atoms with Crippen LogP contribution < -0.4 is 16.0 Å². The first-order chi connectivity index (χ1) is 10.8. The molecular formula is C17H36IN5O. The molecule has 0 spiro atoms. The minimum atomic E-state index is 0. The van der Waals surface area contributed by atoms with Crippen LogP contribution in [0.1, 0.15) is 48.0 Å². The first-order valence-corrected chi connectivity index (χ1v) is 8.91. The molecule has 0 aromatic rings. The molecule has 1 aliphatic heterocycles. The van der Waals surface area contributed by atoms with Crippen LogP contribution in [0.4, 0.5) is 0 Å². The van der Waals surface area contributed by atoms with Gasteiger partial charge in [0, 0.05) is 44.2 Å². The Morgan fingerprint density at radius 1 is 1.25 bits per heavy atom. The van der Waals surface area contributed by atoms with Gasteiger partial charge < -0.3 is 16.0 Å². The molecule has 3 N–H and O–H groups in total. The van der Waals surface area contributed by atoms with Crippen molar-refractivity contribution < 1.29 is 4.79 Å². The monoisotopic (exact) mass is 453 g/mol. The standard InChI is InChI=1S/C17H35N5O.HI/c1-7-18-17(19-9-8-16(23)20-12(2)3)21-15-11-22(13(4)5)10-14(15)6;/h12-15H,7-11H2,1-6H3,(H,20,23)(H2,18,19,21);1H. The van der Waals surface area contributed by atoms with Crippen LogP contribution in [-0.4, -0.2) is 61.1 Å². The number of halogens is 1. The molecule has 1 amide bonds. The Hall–Kier alpha value is -0.570. The van der Waals surface area contributed by atoms with Gasteiger partial charge >= 0.3 is 0 Å². The van der Waals surface area contributed by atoms with Crippen LogP contribution in [0.2, 0.25) is 0 Å². The first kappa shape index (κ1) is 23.4. The van der Waals surface area contributed by atoms with E-state index in [-0.39, 0.29) is 35.9 Å². The second-order valence-electron chi connectivity index (χ2n) is 7.01. The maximum Gasteiger partial charge on any atom is 0.222 e. The van der Waals surface area contributed by atoms with Crippen molar-refractivity contribution in [3.05, 3.63) is 0 Å². The van der Waals surface area contributed by atoms with Crippen molar-refractivity contribution >= 4 is 35.8 Å². The second-order valence-corrected chi connectivity index (χ2v) is 7.01. The zero-order chi connectivity index (χ0) is 17.4. The molecule has 142 valence electrons. The largest absolute Gasteiger partial charge is 0.357 e. The summed E-state index contributed by atoms with van der Waals surface area (Å²) in [5, 5.41) is 9.70. The van der Waals surface area contributed by atoms with E-state index < -0.39 is 0 Å². The molecule has 1 saturated heterocycles. The highest BCUT2D eigenvalue weighted by molar-refractivity contribution is 14.0. The lowest BCUT2D eigenvalue weighted by molar-refractivity contribution is -0.121. The van der Waals surface area contributed by atoms with Crippen molar-refractivity contribution in [3.63, 3.8) is 0 Å². The Morgan fingerprint density at radius 3 is 2.42 bits per heavy atom. The summed E-state index contributed by atoms with van der Waals surface area (Å²) >= 11 is 0. The lowest BCUT2D eigenvalue weighted by Crippen LogP contribution is -2.47. The number of aliphatic imine (C=N–C) groups is 1. The fourth-order valence-corrected chi connectivity index (χ4v) is 2.77. The molecule has 1 heterocycles. The predicted molar refractivity (Wildman–Crippen MR) is 112 cm³/mol. The molecule has 0 aliphatic carbocycles. The van der Waals surface area contributed by atoms with E-state index in [0.29, 0.717) is 31.0 Å². The number of hydrogen-bond acceptors (Lipinski definition) is 3. The highest BCUT2D eigenvalue weighted by atomic mass is 127. The second kappa shape index (κ2) is 11.9. The average molecular weight is 453 g/mol. The number of guanidine groups is 1. The van der Waals surface area contributed by atoms with Gasteiger partial charge in [-0.05, 0) is 40.5 Å². The Kier molecular flexibility index (Phi) is 11.6. The van der Waals surface area contributed by atoms with Gasteiger partial charge in [-0.25, -0.2) is 0 Å². The van der Waals surface area contributed by atoms with E-state index >= 15 is 0 Å². The summed E-state index contributed by atoms with van der Waals surface area (Å²) in [7, 11) is 0. The Morgan fingerprint density at radius 2 is 1.92 bits per heavy atom. The summed E-state index contributed by atoms with van der Waals surface area (Å²) in [4.78, 5) is 18.7. The third-order valence-corrected chi connectivity index (χ3v) is 4.10. The van der Waals surface area contributed by atoms with Crippen LogP contribution in [0.5, 0.6) is 0 Å². The lowest BCUT2D eigenvalue weighted by atomic mass is 10.1. The van der Waals surface area contributed by atoms with Gasteiger partial charge in [0.05, 0.1) is 6.54 Å². The number of carbonyl (C=O) groups excluding carboxylic acids is 1. The molecule has 0 radical (unpaired) electrons. The molecule has 0 aromatic heterocycles. The average Bonchev–Trinajstić information content (AvgIpc) is 2.79. The molecule has 24 heavy (non-hydrogen) atoms. The number of amides is 1. The summed E-state index contributed by atoms with van der Waals surface area (Å²) in [6, 6.07) is 1.15. The maximum atomic E-state index is 11.7. The summed E-state index contributed by atoms with van der Waals surface area (Å²) in [5.74, 6) is 1.46. The van der Waals surface area contributed by atoms with Crippen molar-refractivity contribution in [1.29, 1.82) is 0 Å². The smallest absolute Gasteiger partial charge is 0.222 e. The Bertz CT molecular complexity index is 400. The van der Waals surface area contributed by atoms with Crippen LogP contribution in [0.3, 0.4) is 0 Å². The molecule has 0 bridgehead atoms. The van der Waals surface area contributed by atoms with Crippen molar-refractivity contribution in [2.24, 2.45) is 10.9 Å². The van der Waals surface area contributed by atoms with E-state index in [0.717, 1.165) is 25.6 Å². The normalized spacial score (nSPS) is 21.8. The molecule has 1 rings (SSSR count). The number of nitrogens with zero attached hydrogens (tertiary/aromatic N) is 2. The molecule has 2 unspecified atom stereocenters. The van der Waals surface area contributed by atoms with Crippen LogP contribution in [0, 0.1) is 5.92 Å². The minimum absolute atomic E-state index is 0. The molecule has 6 nitrogen and oxygen atoms in total. The van der Waals surface area contributed by atoms with Crippen molar-refractivity contribution in [3.8, 4) is 0 Å². The topological polar surface area (TPSA) is 68.8 Å². The molecule has 1 aliphatic rings. The van der Waals surface area contributed by atoms with Crippen LogP contribution in [-0.2, 0) is 4.79 Å². The molecule has 1 fully saturated rings. The summed E-state index contributed by atoms with van der Waals surface area (Å²) in [6.45, 7) is 16.2. The SMILES string of the molecule is CCNC(=NCCC(=O)NC(C)C)NC1CN(C(C)C)CC1C.I. The van der Waals surface area contributed by atoms with Gasteiger partial charge in [-0.2, -0.15) is 0 Å². The van der Waals surface area contributed by atoms with E-state index in [1.165, 1.54) is 0 Å². The molecule has 7 heteroatoms. The number of rotatable bonds is 7. The zero-order valence-electron chi connectivity index (χ0n) is 16.1. The number of nitrogens with one attached hydrogen (secondary N) is 3. The van der Waals surface area contributed by atoms with Gasteiger partial charge in [0.2, 0.25) is 5.91 Å². The number of likely N-dealkylation sites (tertiary alicyclic amines) is 1. The van der Waals surface area contributed by atoms with Crippen molar-refractivity contribution in [2.75, 3.05) is 26.2 Å². The maximum absolute atomic E-state index is 11.7. The molecular weight excluding hydrogens is 417 g/mol. The fraction of sp³-hybridized carbons (Fsp3) is 0.882. The van der Waals surface area contributed by atoms with Gasteiger partial charge in [0.15, 0.2) is 5.96 Å². The van der Waals surface area contributed by atoms with E-state index in [1.807, 2.05) is 13.8 Å². The number of hydrogen-bond donors (Lipinski definition) is 3. The summed E-state index contributed by atoms with van der Waals surface area (Å²) < 4.78 is 0. The van der Waals surface area contributed by atoms with Gasteiger partial charge in [-0.1, -0.05) is 6.92 Å². The zero-order valence-corrected chi connectivity index (χ0v) is 18.4.